The van der Waals surface area contributed by atoms with Crippen LogP contribution in [0.1, 0.15) is 30.9 Å². The van der Waals surface area contributed by atoms with E-state index in [-0.39, 0.29) is 30.9 Å². The maximum absolute atomic E-state index is 14.1. The molecule has 2 nitrogen and oxygen atoms in total. The summed E-state index contributed by atoms with van der Waals surface area (Å²) in [5, 5.41) is 3.26. The minimum absolute atomic E-state index is 0. The van der Waals surface area contributed by atoms with Crippen molar-refractivity contribution in [2.75, 3.05) is 26.2 Å². The van der Waals surface area contributed by atoms with E-state index in [2.05, 4.69) is 10.2 Å². The second-order valence-corrected chi connectivity index (χ2v) is 5.69. The van der Waals surface area contributed by atoms with E-state index in [1.54, 1.807) is 0 Å². The van der Waals surface area contributed by atoms with E-state index in [4.69, 9.17) is 0 Å². The fourth-order valence-corrected chi connectivity index (χ4v) is 3.23. The molecular weight excluding hydrogens is 336 g/mol. The summed E-state index contributed by atoms with van der Waals surface area (Å²) in [4.78, 5) is 2.20. The molecule has 0 bridgehead atoms. The first-order chi connectivity index (χ1) is 9.68. The summed E-state index contributed by atoms with van der Waals surface area (Å²) in [5.74, 6) is -3.12. The summed E-state index contributed by atoms with van der Waals surface area (Å²) in [6.07, 6.45) is 3.21. The summed E-state index contributed by atoms with van der Waals surface area (Å²) in [6, 6.07) is 2.33. The van der Waals surface area contributed by atoms with Crippen molar-refractivity contribution in [2.45, 2.75) is 25.3 Å². The summed E-state index contributed by atoms with van der Waals surface area (Å²) >= 11 is 0. The van der Waals surface area contributed by atoms with Gasteiger partial charge in [-0.05, 0) is 24.8 Å². The molecule has 126 valence electrons. The van der Waals surface area contributed by atoms with Crippen LogP contribution in [0.2, 0.25) is 0 Å². The van der Waals surface area contributed by atoms with Crippen molar-refractivity contribution >= 4 is 24.8 Å². The van der Waals surface area contributed by atoms with Crippen molar-refractivity contribution in [2.24, 2.45) is 5.92 Å². The Balaban J connectivity index is 0.00000121. The van der Waals surface area contributed by atoms with Crippen LogP contribution in [0.25, 0.3) is 0 Å². The van der Waals surface area contributed by atoms with Crippen LogP contribution in [-0.4, -0.2) is 31.1 Å². The van der Waals surface area contributed by atoms with Gasteiger partial charge in [0.15, 0.2) is 17.5 Å². The predicted molar refractivity (Wildman–Crippen MR) is 85.3 cm³/mol. The molecule has 0 radical (unpaired) electrons. The van der Waals surface area contributed by atoms with Gasteiger partial charge in [-0.25, -0.2) is 13.2 Å². The molecule has 0 aromatic heterocycles. The maximum Gasteiger partial charge on any atom is 0.194 e. The number of nitrogens with one attached hydrogen (secondary N) is 1. The van der Waals surface area contributed by atoms with Gasteiger partial charge in [-0.3, -0.25) is 4.90 Å². The van der Waals surface area contributed by atoms with Gasteiger partial charge in [0.2, 0.25) is 0 Å². The molecule has 22 heavy (non-hydrogen) atoms. The average Bonchev–Trinajstić information content (AvgIpc) is 2.42. The third-order valence-corrected chi connectivity index (χ3v) is 4.53. The Morgan fingerprint density at radius 1 is 1.00 bits per heavy atom. The van der Waals surface area contributed by atoms with Crippen molar-refractivity contribution in [3.8, 4) is 0 Å². The third kappa shape index (κ3) is 3.70. The molecule has 0 unspecified atom stereocenters. The molecule has 2 aliphatic rings. The molecule has 1 atom stereocenters. The zero-order chi connectivity index (χ0) is 14.1. The molecule has 1 aromatic rings. The lowest BCUT2D eigenvalue weighted by Gasteiger charge is -2.43. The number of benzene rings is 1. The number of piperazine rings is 1. The minimum Gasteiger partial charge on any atom is -0.314 e. The molecule has 0 amide bonds. The van der Waals surface area contributed by atoms with E-state index in [0.717, 1.165) is 51.5 Å². The van der Waals surface area contributed by atoms with E-state index in [1.165, 1.54) is 6.07 Å². The number of nitrogens with zero attached hydrogens (tertiary/aromatic N) is 1. The van der Waals surface area contributed by atoms with E-state index >= 15 is 0 Å². The van der Waals surface area contributed by atoms with Gasteiger partial charge in [-0.15, -0.1) is 24.8 Å². The Hall–Kier alpha value is -0.490. The highest BCUT2D eigenvalue weighted by Gasteiger charge is 2.36. The van der Waals surface area contributed by atoms with Gasteiger partial charge < -0.3 is 5.32 Å². The van der Waals surface area contributed by atoms with Crippen LogP contribution in [0.4, 0.5) is 13.2 Å². The second kappa shape index (κ2) is 8.39. The molecule has 1 aromatic carbocycles. The standard InChI is InChI=1S/C15H19F3N2.2ClH/c16-12-5-4-11(13(17)14(12)18)15(10-2-1-3-10)20-8-6-19-7-9-20;;/h4-5,10,15,19H,1-3,6-9H2;2*1H/t15-;;/m1../s1. The zero-order valence-corrected chi connectivity index (χ0v) is 13.8. The maximum atomic E-state index is 14.1. The molecule has 7 heteroatoms. The Morgan fingerprint density at radius 2 is 1.64 bits per heavy atom. The number of rotatable bonds is 3. The summed E-state index contributed by atoms with van der Waals surface area (Å²) < 4.78 is 40.8. The zero-order valence-electron chi connectivity index (χ0n) is 12.2. The monoisotopic (exact) mass is 356 g/mol. The molecule has 3 rings (SSSR count). The van der Waals surface area contributed by atoms with Crippen LogP contribution < -0.4 is 5.32 Å². The average molecular weight is 357 g/mol. The Bertz CT molecular complexity index is 492. The SMILES string of the molecule is Cl.Cl.Fc1ccc([C@@H](C2CCC2)N2CCNCC2)c(F)c1F. The third-order valence-electron chi connectivity index (χ3n) is 4.53. The predicted octanol–water partition coefficient (Wildman–Crippen LogP) is 3.69. The Kier molecular flexibility index (Phi) is 7.46. The molecule has 1 saturated carbocycles. The van der Waals surface area contributed by atoms with Crippen LogP contribution in [0, 0.1) is 23.4 Å². The lowest BCUT2D eigenvalue weighted by molar-refractivity contribution is 0.0805. The number of halogens is 5. The number of hydrogen-bond donors (Lipinski definition) is 1. The summed E-state index contributed by atoms with van der Waals surface area (Å²) in [5.41, 5.74) is 0.315. The molecule has 1 aliphatic heterocycles. The highest BCUT2D eigenvalue weighted by Crippen LogP contribution is 2.42. The van der Waals surface area contributed by atoms with Crippen LogP contribution in [0.15, 0.2) is 12.1 Å². The first-order valence-corrected chi connectivity index (χ1v) is 7.26. The van der Waals surface area contributed by atoms with Crippen molar-refractivity contribution in [3.63, 3.8) is 0 Å². The van der Waals surface area contributed by atoms with Crippen LogP contribution in [0.3, 0.4) is 0 Å². The quantitative estimate of drug-likeness (QED) is 0.830. The molecule has 2 fully saturated rings. The van der Waals surface area contributed by atoms with Crippen LogP contribution >= 0.6 is 24.8 Å². The van der Waals surface area contributed by atoms with E-state index < -0.39 is 17.5 Å². The molecular formula is C15H21Cl2F3N2. The number of hydrogen-bond acceptors (Lipinski definition) is 2. The first-order valence-electron chi connectivity index (χ1n) is 7.26. The van der Waals surface area contributed by atoms with Crippen LogP contribution in [-0.2, 0) is 0 Å². The molecule has 1 heterocycles. The molecule has 0 spiro atoms. The lowest BCUT2D eigenvalue weighted by atomic mass is 9.76. The fraction of sp³-hybridized carbons (Fsp3) is 0.600. The van der Waals surface area contributed by atoms with Crippen molar-refractivity contribution in [1.29, 1.82) is 0 Å². The van der Waals surface area contributed by atoms with E-state index in [9.17, 15) is 13.2 Å². The lowest BCUT2D eigenvalue weighted by Crippen LogP contribution is -2.48. The fourth-order valence-electron chi connectivity index (χ4n) is 3.23. The summed E-state index contributed by atoms with van der Waals surface area (Å²) in [7, 11) is 0. The van der Waals surface area contributed by atoms with E-state index in [0.29, 0.717) is 11.5 Å². The highest BCUT2D eigenvalue weighted by molar-refractivity contribution is 5.85. The molecule has 1 aliphatic carbocycles. The summed E-state index contributed by atoms with van der Waals surface area (Å²) in [6.45, 7) is 3.35. The normalized spacial score (nSPS) is 20.5. The van der Waals surface area contributed by atoms with Crippen LogP contribution in [0.5, 0.6) is 0 Å². The van der Waals surface area contributed by atoms with Crippen molar-refractivity contribution in [1.82, 2.24) is 10.2 Å². The smallest absolute Gasteiger partial charge is 0.194 e. The van der Waals surface area contributed by atoms with Gasteiger partial charge in [-0.1, -0.05) is 12.5 Å². The second-order valence-electron chi connectivity index (χ2n) is 5.69. The molecule has 1 saturated heterocycles. The van der Waals surface area contributed by atoms with Crippen molar-refractivity contribution < 1.29 is 13.2 Å². The van der Waals surface area contributed by atoms with Gasteiger partial charge in [0, 0.05) is 37.8 Å². The Morgan fingerprint density at radius 3 is 2.18 bits per heavy atom. The largest absolute Gasteiger partial charge is 0.314 e. The van der Waals surface area contributed by atoms with Gasteiger partial charge >= 0.3 is 0 Å². The van der Waals surface area contributed by atoms with Crippen molar-refractivity contribution in [3.05, 3.63) is 35.1 Å². The van der Waals surface area contributed by atoms with Gasteiger partial charge in [0.1, 0.15) is 0 Å². The first kappa shape index (κ1) is 19.6. The minimum atomic E-state index is -1.35. The topological polar surface area (TPSA) is 15.3 Å². The Labute approximate surface area is 141 Å². The van der Waals surface area contributed by atoms with E-state index in [1.807, 2.05) is 0 Å². The van der Waals surface area contributed by atoms with Gasteiger partial charge in [0.25, 0.3) is 0 Å². The molecule has 1 N–H and O–H groups in total. The van der Waals surface area contributed by atoms with Gasteiger partial charge in [-0.2, -0.15) is 0 Å². The van der Waals surface area contributed by atoms with Gasteiger partial charge in [0.05, 0.1) is 0 Å². The highest BCUT2D eigenvalue weighted by atomic mass is 35.5.